The number of hydrogen-bond donors (Lipinski definition) is 1. The number of H-pyrrole nitrogens is 1. The topological polar surface area (TPSA) is 94.1 Å². The molecule has 2 spiro atoms. The quantitative estimate of drug-likeness (QED) is 0.728. The molecule has 0 unspecified atom stereocenters. The Morgan fingerprint density at radius 3 is 2.24 bits per heavy atom. The summed E-state index contributed by atoms with van der Waals surface area (Å²) in [7, 11) is 0. The number of amides is 2. The first-order valence-electron chi connectivity index (χ1n) is 12.6. The van der Waals surface area contributed by atoms with Gasteiger partial charge in [-0.05, 0) is 50.1 Å². The number of carbonyl (C=O) groups excluding carboxylic acids is 1. The first kappa shape index (κ1) is 19.3. The second-order valence-electron chi connectivity index (χ2n) is 11.9. The summed E-state index contributed by atoms with van der Waals surface area (Å²) >= 11 is 1.57. The molecule has 6 fully saturated rings. The van der Waals surface area contributed by atoms with Gasteiger partial charge < -0.3 is 9.80 Å². The van der Waals surface area contributed by atoms with Crippen molar-refractivity contribution in [1.29, 1.82) is 0 Å². The molecule has 33 heavy (non-hydrogen) atoms. The van der Waals surface area contributed by atoms with Crippen molar-refractivity contribution in [1.82, 2.24) is 39.2 Å². The summed E-state index contributed by atoms with van der Waals surface area (Å²) in [4.78, 5) is 29.0. The fraction of sp³-hybridized carbons (Fsp3) is 0.783. The van der Waals surface area contributed by atoms with Crippen molar-refractivity contribution in [3.05, 3.63) is 22.5 Å². The van der Waals surface area contributed by atoms with Gasteiger partial charge in [-0.3, -0.25) is 10.00 Å². The van der Waals surface area contributed by atoms with Crippen LogP contribution in [0.5, 0.6) is 0 Å². The van der Waals surface area contributed by atoms with Crippen molar-refractivity contribution in [3.8, 4) is 0 Å². The number of carbonyl (C=O) groups is 1. The molecule has 0 bridgehead atoms. The van der Waals surface area contributed by atoms with Gasteiger partial charge in [-0.1, -0.05) is 0 Å². The van der Waals surface area contributed by atoms with Crippen LogP contribution in [0.1, 0.15) is 78.8 Å². The Labute approximate surface area is 197 Å². The Kier molecular flexibility index (Phi) is 3.81. The standard InChI is InChI=1S/C23H30N8OS/c32-21(30-10-22(11-30)5-16(6-22)19-25-18(26-27-19)14-1-2-14)31-12-23(13-31)8-29(9-23)7-17-24-20(28-33-17)15-3-4-15/h14-16H,1-13H2,(H,25,26,27). The van der Waals surface area contributed by atoms with Gasteiger partial charge in [0, 0.05) is 67.9 Å². The van der Waals surface area contributed by atoms with Crippen molar-refractivity contribution in [2.45, 2.75) is 62.8 Å². The van der Waals surface area contributed by atoms with Crippen molar-refractivity contribution in [2.24, 2.45) is 10.8 Å². The number of aromatic nitrogens is 5. The van der Waals surface area contributed by atoms with Crippen molar-refractivity contribution < 1.29 is 4.79 Å². The van der Waals surface area contributed by atoms with Crippen molar-refractivity contribution in [3.63, 3.8) is 0 Å². The Hall–Kier alpha value is -2.07. The maximum atomic E-state index is 12.9. The van der Waals surface area contributed by atoms with Crippen LogP contribution in [0.25, 0.3) is 0 Å². The molecule has 10 heteroatoms. The summed E-state index contributed by atoms with van der Waals surface area (Å²) in [6, 6.07) is 0.252. The third-order valence-corrected chi connectivity index (χ3v) is 9.47. The molecule has 2 aromatic rings. The molecule has 0 radical (unpaired) electrons. The van der Waals surface area contributed by atoms with Gasteiger partial charge in [0.05, 0.1) is 6.54 Å². The molecule has 8 rings (SSSR count). The molecular weight excluding hydrogens is 436 g/mol. The highest BCUT2D eigenvalue weighted by Crippen LogP contribution is 2.56. The molecule has 3 saturated carbocycles. The lowest BCUT2D eigenvalue weighted by Gasteiger charge is -2.63. The van der Waals surface area contributed by atoms with Gasteiger partial charge in [-0.25, -0.2) is 14.8 Å². The van der Waals surface area contributed by atoms with Crippen LogP contribution in [0.4, 0.5) is 4.79 Å². The molecule has 3 aliphatic heterocycles. The second-order valence-corrected chi connectivity index (χ2v) is 12.8. The smallest absolute Gasteiger partial charge is 0.320 e. The summed E-state index contributed by atoms with van der Waals surface area (Å²) in [6.45, 7) is 6.76. The van der Waals surface area contributed by atoms with Gasteiger partial charge >= 0.3 is 6.03 Å². The number of nitrogens with one attached hydrogen (secondary N) is 1. The lowest BCUT2D eigenvalue weighted by molar-refractivity contribution is -0.116. The lowest BCUT2D eigenvalue weighted by Crippen LogP contribution is -2.75. The second kappa shape index (κ2) is 6.53. The molecule has 2 amide bonds. The third-order valence-electron chi connectivity index (χ3n) is 8.76. The monoisotopic (exact) mass is 466 g/mol. The van der Waals surface area contributed by atoms with E-state index in [1.54, 1.807) is 11.5 Å². The number of nitrogens with zero attached hydrogens (tertiary/aromatic N) is 7. The molecule has 1 N–H and O–H groups in total. The Bertz CT molecular complexity index is 1090. The first-order valence-corrected chi connectivity index (χ1v) is 13.3. The normalized spacial score (nSPS) is 27.9. The van der Waals surface area contributed by atoms with Gasteiger partial charge in [0.25, 0.3) is 0 Å². The molecule has 3 aliphatic carbocycles. The number of urea groups is 1. The summed E-state index contributed by atoms with van der Waals surface area (Å²) in [6.07, 6.45) is 7.28. The Morgan fingerprint density at radius 1 is 0.879 bits per heavy atom. The predicted molar refractivity (Wildman–Crippen MR) is 121 cm³/mol. The molecule has 2 aromatic heterocycles. The van der Waals surface area contributed by atoms with Crippen LogP contribution in [-0.2, 0) is 6.54 Å². The molecular formula is C23H30N8OS. The molecule has 9 nitrogen and oxygen atoms in total. The molecule has 174 valence electrons. The van der Waals surface area contributed by atoms with Crippen LogP contribution in [0.3, 0.4) is 0 Å². The van der Waals surface area contributed by atoms with Gasteiger partial charge in [-0.15, -0.1) is 0 Å². The number of hydrogen-bond acceptors (Lipinski definition) is 7. The van der Waals surface area contributed by atoms with Crippen LogP contribution in [0.2, 0.25) is 0 Å². The van der Waals surface area contributed by atoms with Crippen molar-refractivity contribution in [2.75, 3.05) is 39.3 Å². The van der Waals surface area contributed by atoms with Gasteiger partial charge in [0.15, 0.2) is 5.82 Å². The maximum absolute atomic E-state index is 12.9. The molecule has 6 aliphatic rings. The maximum Gasteiger partial charge on any atom is 0.320 e. The summed E-state index contributed by atoms with van der Waals surface area (Å²) in [5, 5.41) is 8.73. The van der Waals surface area contributed by atoms with Crippen LogP contribution in [0, 0.1) is 10.8 Å². The molecule has 3 saturated heterocycles. The number of aromatic amines is 1. The molecule has 0 atom stereocenters. The lowest BCUT2D eigenvalue weighted by atomic mass is 9.57. The van der Waals surface area contributed by atoms with E-state index in [1.165, 1.54) is 25.7 Å². The van der Waals surface area contributed by atoms with E-state index in [0.717, 1.165) is 81.1 Å². The average molecular weight is 467 g/mol. The molecule has 0 aromatic carbocycles. The largest absolute Gasteiger partial charge is 0.323 e. The zero-order chi connectivity index (χ0) is 21.8. The van der Waals surface area contributed by atoms with Crippen LogP contribution >= 0.6 is 11.5 Å². The Balaban J connectivity index is 0.784. The van der Waals surface area contributed by atoms with E-state index in [9.17, 15) is 4.79 Å². The minimum Gasteiger partial charge on any atom is -0.323 e. The van der Waals surface area contributed by atoms with E-state index >= 15 is 0 Å². The number of rotatable bonds is 5. The first-order chi connectivity index (χ1) is 16.1. The van der Waals surface area contributed by atoms with E-state index < -0.39 is 0 Å². The van der Waals surface area contributed by atoms with E-state index in [-0.39, 0.29) is 6.03 Å². The molecule has 5 heterocycles. The fourth-order valence-corrected chi connectivity index (χ4v) is 7.44. The summed E-state index contributed by atoms with van der Waals surface area (Å²) in [5.74, 6) is 4.90. The number of likely N-dealkylation sites (tertiary alicyclic amines) is 3. The summed E-state index contributed by atoms with van der Waals surface area (Å²) in [5.41, 5.74) is 0.666. The van der Waals surface area contributed by atoms with E-state index in [0.29, 0.717) is 28.6 Å². The van der Waals surface area contributed by atoms with Gasteiger partial charge in [0.1, 0.15) is 16.7 Å². The highest BCUT2D eigenvalue weighted by molar-refractivity contribution is 7.05. The van der Waals surface area contributed by atoms with Crippen LogP contribution in [-0.4, -0.2) is 84.5 Å². The van der Waals surface area contributed by atoms with Gasteiger partial charge in [0.2, 0.25) is 0 Å². The fourth-order valence-electron chi connectivity index (χ4n) is 6.67. The van der Waals surface area contributed by atoms with Crippen LogP contribution < -0.4 is 0 Å². The van der Waals surface area contributed by atoms with Crippen molar-refractivity contribution >= 4 is 17.6 Å². The zero-order valence-corrected chi connectivity index (χ0v) is 19.7. The summed E-state index contributed by atoms with van der Waals surface area (Å²) < 4.78 is 4.52. The van der Waals surface area contributed by atoms with E-state index in [1.807, 2.05) is 0 Å². The zero-order valence-electron chi connectivity index (χ0n) is 18.9. The predicted octanol–water partition coefficient (Wildman–Crippen LogP) is 2.53. The SMILES string of the molecule is O=C(N1CC2(CC(c3nc(C4CC4)n[nH]3)C2)C1)N1CC2(CN(Cc3nc(C4CC4)ns3)C2)C1. The highest BCUT2D eigenvalue weighted by Gasteiger charge is 2.58. The highest BCUT2D eigenvalue weighted by atomic mass is 32.1. The van der Waals surface area contributed by atoms with Gasteiger partial charge in [-0.2, -0.15) is 9.47 Å². The third kappa shape index (κ3) is 3.16. The Morgan fingerprint density at radius 2 is 1.55 bits per heavy atom. The minimum absolute atomic E-state index is 0.252. The van der Waals surface area contributed by atoms with E-state index in [4.69, 9.17) is 9.97 Å². The average Bonchev–Trinajstić information content (AvgIpc) is 3.62. The minimum atomic E-state index is 0.252. The van der Waals surface area contributed by atoms with Crippen LogP contribution in [0.15, 0.2) is 0 Å². The van der Waals surface area contributed by atoms with E-state index in [2.05, 4.69) is 29.3 Å².